The Labute approximate surface area is 90.2 Å². The summed E-state index contributed by atoms with van der Waals surface area (Å²) in [5.41, 5.74) is -0.405. The average Bonchev–Trinajstić information content (AvgIpc) is 2.64. The van der Waals surface area contributed by atoms with Crippen molar-refractivity contribution in [3.63, 3.8) is 0 Å². The summed E-state index contributed by atoms with van der Waals surface area (Å²) in [5, 5.41) is 8.76. The number of hydrogen-bond donors (Lipinski definition) is 1. The van der Waals surface area contributed by atoms with E-state index in [4.69, 9.17) is 5.11 Å². The minimum Gasteiger partial charge on any atom is -0.478 e. The zero-order valence-corrected chi connectivity index (χ0v) is 8.38. The Morgan fingerprint density at radius 3 is 2.75 bits per heavy atom. The highest BCUT2D eigenvalue weighted by Crippen LogP contribution is 2.15. The molecule has 16 heavy (non-hydrogen) atoms. The maximum atomic E-state index is 13.8. The van der Waals surface area contributed by atoms with Gasteiger partial charge in [0, 0.05) is 18.6 Å². The summed E-state index contributed by atoms with van der Waals surface area (Å²) in [6.45, 7) is 1.68. The topological polar surface area (TPSA) is 68.0 Å². The molecule has 0 amide bonds. The molecule has 2 aromatic rings. The van der Waals surface area contributed by atoms with Gasteiger partial charge in [-0.1, -0.05) is 0 Å². The van der Waals surface area contributed by atoms with Crippen LogP contribution in [-0.2, 0) is 0 Å². The van der Waals surface area contributed by atoms with E-state index in [-0.39, 0.29) is 5.82 Å². The number of carboxylic acid groups (broad SMARTS) is 1. The number of carbonyl (C=O) groups is 1. The number of nitrogens with zero attached hydrogens (tertiary/aromatic N) is 3. The molecule has 2 aromatic heterocycles. The van der Waals surface area contributed by atoms with Gasteiger partial charge in [0.25, 0.3) is 0 Å². The Balaban J connectivity index is 2.63. The Bertz CT molecular complexity index is 551. The highest BCUT2D eigenvalue weighted by Gasteiger charge is 2.16. The number of halogens is 1. The lowest BCUT2D eigenvalue weighted by Crippen LogP contribution is -2.08. The monoisotopic (exact) mass is 221 g/mol. The van der Waals surface area contributed by atoms with Crippen LogP contribution in [0.25, 0.3) is 5.82 Å². The predicted octanol–water partition coefficient (Wildman–Crippen LogP) is 1.41. The highest BCUT2D eigenvalue weighted by atomic mass is 19.1. The van der Waals surface area contributed by atoms with Crippen LogP contribution in [0.2, 0.25) is 0 Å². The molecule has 2 rings (SSSR count). The first-order chi connectivity index (χ1) is 7.61. The first-order valence-electron chi connectivity index (χ1n) is 4.49. The Morgan fingerprint density at radius 2 is 2.19 bits per heavy atom. The average molecular weight is 221 g/mol. The van der Waals surface area contributed by atoms with Crippen LogP contribution in [0, 0.1) is 12.7 Å². The zero-order chi connectivity index (χ0) is 11.7. The third kappa shape index (κ3) is 1.54. The second-order valence-electron chi connectivity index (χ2n) is 3.15. The molecule has 0 unspecified atom stereocenters. The van der Waals surface area contributed by atoms with Crippen molar-refractivity contribution < 1.29 is 14.3 Å². The zero-order valence-electron chi connectivity index (χ0n) is 8.38. The molecular formula is C10H8FN3O2. The molecule has 2 heterocycles. The van der Waals surface area contributed by atoms with Crippen molar-refractivity contribution in [2.45, 2.75) is 6.92 Å². The van der Waals surface area contributed by atoms with Crippen molar-refractivity contribution in [3.05, 3.63) is 41.9 Å². The van der Waals surface area contributed by atoms with E-state index in [1.807, 2.05) is 0 Å². The molecule has 0 saturated carbocycles. The van der Waals surface area contributed by atoms with Crippen molar-refractivity contribution in [3.8, 4) is 5.82 Å². The molecule has 0 aliphatic rings. The van der Waals surface area contributed by atoms with Gasteiger partial charge in [0.1, 0.15) is 11.4 Å². The first kappa shape index (κ1) is 10.3. The van der Waals surface area contributed by atoms with E-state index in [9.17, 15) is 9.18 Å². The molecule has 0 radical (unpaired) electrons. The second kappa shape index (κ2) is 3.73. The summed E-state index contributed by atoms with van der Waals surface area (Å²) < 4.78 is 15.2. The first-order valence-corrected chi connectivity index (χ1v) is 4.49. The van der Waals surface area contributed by atoms with Crippen LogP contribution in [0.3, 0.4) is 0 Å². The molecule has 0 aromatic carbocycles. The fourth-order valence-corrected chi connectivity index (χ4v) is 1.37. The summed E-state index contributed by atoms with van der Waals surface area (Å²) >= 11 is 0. The molecule has 0 aliphatic carbocycles. The van der Waals surface area contributed by atoms with E-state index < -0.39 is 17.3 Å². The normalized spacial score (nSPS) is 10.4. The maximum absolute atomic E-state index is 13.8. The van der Waals surface area contributed by atoms with Crippen molar-refractivity contribution in [2.24, 2.45) is 0 Å². The summed E-state index contributed by atoms with van der Waals surface area (Å²) in [6.07, 6.45) is 4.26. The van der Waals surface area contributed by atoms with Crippen molar-refractivity contribution in [1.82, 2.24) is 14.5 Å². The molecule has 0 fully saturated rings. The minimum absolute atomic E-state index is 0.0603. The second-order valence-corrected chi connectivity index (χ2v) is 3.15. The van der Waals surface area contributed by atoms with Crippen LogP contribution in [-0.4, -0.2) is 25.6 Å². The van der Waals surface area contributed by atoms with E-state index in [1.54, 1.807) is 6.92 Å². The van der Waals surface area contributed by atoms with Crippen LogP contribution >= 0.6 is 0 Å². The van der Waals surface area contributed by atoms with E-state index in [2.05, 4.69) is 9.97 Å². The van der Waals surface area contributed by atoms with Gasteiger partial charge in [-0.15, -0.1) is 0 Å². The van der Waals surface area contributed by atoms with Gasteiger partial charge in [-0.2, -0.15) is 0 Å². The number of aryl methyl sites for hydroxylation is 1. The molecule has 0 bridgehead atoms. The summed E-state index contributed by atoms with van der Waals surface area (Å²) in [7, 11) is 0. The standard InChI is InChI=1S/C10H8FN3O2/c1-6-12-4-5-14(6)9-8(11)7(10(15)16)2-3-13-9/h2-5H,1H3,(H,15,16). The molecule has 0 atom stereocenters. The third-order valence-corrected chi connectivity index (χ3v) is 2.16. The van der Waals surface area contributed by atoms with Crippen LogP contribution in [0.15, 0.2) is 24.7 Å². The van der Waals surface area contributed by atoms with Crippen molar-refractivity contribution in [2.75, 3.05) is 0 Å². The lowest BCUT2D eigenvalue weighted by molar-refractivity contribution is 0.0691. The van der Waals surface area contributed by atoms with E-state index in [0.717, 1.165) is 6.07 Å². The highest BCUT2D eigenvalue weighted by molar-refractivity contribution is 5.88. The third-order valence-electron chi connectivity index (χ3n) is 2.16. The Hall–Kier alpha value is -2.24. The quantitative estimate of drug-likeness (QED) is 0.832. The molecule has 0 spiro atoms. The van der Waals surface area contributed by atoms with Gasteiger partial charge in [0.15, 0.2) is 11.6 Å². The fourth-order valence-electron chi connectivity index (χ4n) is 1.37. The molecule has 6 heteroatoms. The molecule has 82 valence electrons. The molecule has 0 aliphatic heterocycles. The number of carboxylic acids is 1. The van der Waals surface area contributed by atoms with E-state index >= 15 is 0 Å². The largest absolute Gasteiger partial charge is 0.478 e. The van der Waals surface area contributed by atoms with Gasteiger partial charge in [-0.3, -0.25) is 4.57 Å². The van der Waals surface area contributed by atoms with Crippen LogP contribution < -0.4 is 0 Å². The minimum atomic E-state index is -1.32. The van der Waals surface area contributed by atoms with E-state index in [0.29, 0.717) is 5.82 Å². The van der Waals surface area contributed by atoms with Gasteiger partial charge in [0.05, 0.1) is 0 Å². The van der Waals surface area contributed by atoms with Crippen LogP contribution in [0.5, 0.6) is 0 Å². The van der Waals surface area contributed by atoms with E-state index in [1.165, 1.54) is 23.2 Å². The van der Waals surface area contributed by atoms with Gasteiger partial charge in [-0.25, -0.2) is 19.2 Å². The van der Waals surface area contributed by atoms with Gasteiger partial charge >= 0.3 is 5.97 Å². The number of pyridine rings is 1. The maximum Gasteiger partial charge on any atom is 0.338 e. The number of aromatic carboxylic acids is 1. The Kier molecular flexibility index (Phi) is 2.40. The number of imidazole rings is 1. The number of aromatic nitrogens is 3. The fraction of sp³-hybridized carbons (Fsp3) is 0.100. The summed E-state index contributed by atoms with van der Waals surface area (Å²) in [4.78, 5) is 18.5. The molecular weight excluding hydrogens is 213 g/mol. The predicted molar refractivity (Wildman–Crippen MR) is 53.0 cm³/mol. The van der Waals surface area contributed by atoms with Crippen LogP contribution in [0.4, 0.5) is 4.39 Å². The lowest BCUT2D eigenvalue weighted by Gasteiger charge is -2.06. The number of hydrogen-bond acceptors (Lipinski definition) is 3. The molecule has 5 nitrogen and oxygen atoms in total. The van der Waals surface area contributed by atoms with Crippen molar-refractivity contribution in [1.29, 1.82) is 0 Å². The van der Waals surface area contributed by atoms with Gasteiger partial charge in [-0.05, 0) is 13.0 Å². The lowest BCUT2D eigenvalue weighted by atomic mass is 10.2. The van der Waals surface area contributed by atoms with Crippen molar-refractivity contribution >= 4 is 5.97 Å². The van der Waals surface area contributed by atoms with Crippen LogP contribution in [0.1, 0.15) is 16.2 Å². The number of rotatable bonds is 2. The molecule has 1 N–H and O–H groups in total. The van der Waals surface area contributed by atoms with Gasteiger partial charge in [0.2, 0.25) is 0 Å². The SMILES string of the molecule is Cc1nccn1-c1nccc(C(=O)O)c1F. The Morgan fingerprint density at radius 1 is 1.44 bits per heavy atom. The smallest absolute Gasteiger partial charge is 0.338 e. The summed E-state index contributed by atoms with van der Waals surface area (Å²) in [5.74, 6) is -1.71. The van der Waals surface area contributed by atoms with Gasteiger partial charge < -0.3 is 5.11 Å². The molecule has 0 saturated heterocycles. The summed E-state index contributed by atoms with van der Waals surface area (Å²) in [6, 6.07) is 1.12.